The molecule has 2 aromatic rings. The molecule has 0 spiro atoms. The van der Waals surface area contributed by atoms with Crippen molar-refractivity contribution < 1.29 is 13.2 Å². The van der Waals surface area contributed by atoms with Gasteiger partial charge >= 0.3 is 0 Å². The van der Waals surface area contributed by atoms with Crippen LogP contribution in [0.1, 0.15) is 16.7 Å². The second kappa shape index (κ2) is 7.02. The van der Waals surface area contributed by atoms with Gasteiger partial charge in [0.25, 0.3) is 0 Å². The third-order valence-corrected chi connectivity index (χ3v) is 5.03. The van der Waals surface area contributed by atoms with E-state index in [1.54, 1.807) is 18.2 Å². The average Bonchev–Trinajstić information content (AvgIpc) is 2.48. The third kappa shape index (κ3) is 4.24. The molecule has 0 saturated carbocycles. The van der Waals surface area contributed by atoms with E-state index in [2.05, 4.69) is 4.72 Å². The number of methoxy groups -OCH3 is 1. The molecule has 0 heterocycles. The number of aryl methyl sites for hydroxylation is 2. The van der Waals surface area contributed by atoms with E-state index in [1.807, 2.05) is 32.0 Å². The number of hydrogen-bond acceptors (Lipinski definition) is 4. The van der Waals surface area contributed by atoms with Gasteiger partial charge in [0.2, 0.25) is 10.0 Å². The minimum absolute atomic E-state index is 0.176. The normalized spacial score (nSPS) is 11.4. The molecular formula is C17H22N2O3S. The highest BCUT2D eigenvalue weighted by atomic mass is 32.2. The lowest BCUT2D eigenvalue weighted by atomic mass is 10.1. The Morgan fingerprint density at radius 1 is 1.13 bits per heavy atom. The molecule has 2 rings (SSSR count). The lowest BCUT2D eigenvalue weighted by molar-refractivity contribution is 0.399. The van der Waals surface area contributed by atoms with Gasteiger partial charge in [0.05, 0.1) is 7.11 Å². The molecule has 0 unspecified atom stereocenters. The van der Waals surface area contributed by atoms with Gasteiger partial charge in [-0.3, -0.25) is 0 Å². The van der Waals surface area contributed by atoms with Crippen LogP contribution in [0.4, 0.5) is 5.69 Å². The van der Waals surface area contributed by atoms with E-state index >= 15 is 0 Å². The third-order valence-electron chi connectivity index (χ3n) is 3.56. The molecule has 23 heavy (non-hydrogen) atoms. The SMILES string of the molecule is COc1c(C)cc(C)cc1S(=O)(=O)NCCc1ccc(N)cc1. The topological polar surface area (TPSA) is 81.4 Å². The maximum absolute atomic E-state index is 12.5. The monoisotopic (exact) mass is 334 g/mol. The molecule has 2 aromatic carbocycles. The molecule has 5 nitrogen and oxygen atoms in total. The second-order valence-electron chi connectivity index (χ2n) is 5.50. The van der Waals surface area contributed by atoms with E-state index in [1.165, 1.54) is 7.11 Å². The lowest BCUT2D eigenvalue weighted by Gasteiger charge is -2.14. The Hall–Kier alpha value is -2.05. The van der Waals surface area contributed by atoms with Crippen LogP contribution in [0.3, 0.4) is 0 Å². The molecule has 0 bridgehead atoms. The first-order valence-electron chi connectivity index (χ1n) is 7.33. The number of ether oxygens (including phenoxy) is 1. The number of nitrogen functional groups attached to an aromatic ring is 1. The van der Waals surface area contributed by atoms with Crippen molar-refractivity contribution in [2.24, 2.45) is 0 Å². The zero-order chi connectivity index (χ0) is 17.0. The van der Waals surface area contributed by atoms with Gasteiger partial charge in [0.1, 0.15) is 10.6 Å². The summed E-state index contributed by atoms with van der Waals surface area (Å²) < 4.78 is 33.0. The summed E-state index contributed by atoms with van der Waals surface area (Å²) in [6, 6.07) is 10.9. The van der Waals surface area contributed by atoms with Gasteiger partial charge in [-0.05, 0) is 55.2 Å². The van der Waals surface area contributed by atoms with Crippen LogP contribution in [-0.4, -0.2) is 22.1 Å². The molecule has 0 aliphatic carbocycles. The predicted octanol–water partition coefficient (Wildman–Crippen LogP) is 2.42. The summed E-state index contributed by atoms with van der Waals surface area (Å²) in [5, 5.41) is 0. The van der Waals surface area contributed by atoms with Gasteiger partial charge in [0, 0.05) is 12.2 Å². The number of sulfonamides is 1. The van der Waals surface area contributed by atoms with Crippen LogP contribution in [0.15, 0.2) is 41.3 Å². The molecule has 3 N–H and O–H groups in total. The van der Waals surface area contributed by atoms with Crippen molar-refractivity contribution in [2.75, 3.05) is 19.4 Å². The zero-order valence-electron chi connectivity index (χ0n) is 13.6. The highest BCUT2D eigenvalue weighted by Gasteiger charge is 2.21. The second-order valence-corrected chi connectivity index (χ2v) is 7.24. The summed E-state index contributed by atoms with van der Waals surface area (Å²) in [5.74, 6) is 0.385. The predicted molar refractivity (Wildman–Crippen MR) is 92.2 cm³/mol. The quantitative estimate of drug-likeness (QED) is 0.795. The molecule has 0 aliphatic heterocycles. The van der Waals surface area contributed by atoms with Crippen molar-refractivity contribution in [3.8, 4) is 5.75 Å². The van der Waals surface area contributed by atoms with Crippen LogP contribution < -0.4 is 15.2 Å². The maximum Gasteiger partial charge on any atom is 0.244 e. The molecule has 0 amide bonds. The first-order valence-corrected chi connectivity index (χ1v) is 8.81. The van der Waals surface area contributed by atoms with Crippen molar-refractivity contribution in [2.45, 2.75) is 25.2 Å². The zero-order valence-corrected chi connectivity index (χ0v) is 14.4. The number of rotatable bonds is 6. The van der Waals surface area contributed by atoms with E-state index in [-0.39, 0.29) is 4.90 Å². The number of anilines is 1. The Morgan fingerprint density at radius 3 is 2.39 bits per heavy atom. The van der Waals surface area contributed by atoms with Crippen LogP contribution >= 0.6 is 0 Å². The van der Waals surface area contributed by atoms with Crippen molar-refractivity contribution in [3.63, 3.8) is 0 Å². The highest BCUT2D eigenvalue weighted by molar-refractivity contribution is 7.89. The number of nitrogens with one attached hydrogen (secondary N) is 1. The first kappa shape index (κ1) is 17.3. The van der Waals surface area contributed by atoms with Crippen molar-refractivity contribution in [1.29, 1.82) is 0 Å². The summed E-state index contributed by atoms with van der Waals surface area (Å²) in [6.45, 7) is 4.00. The molecule has 0 fully saturated rings. The summed E-state index contributed by atoms with van der Waals surface area (Å²) in [7, 11) is -2.15. The van der Waals surface area contributed by atoms with Crippen LogP contribution in [0.25, 0.3) is 0 Å². The molecule has 0 atom stereocenters. The highest BCUT2D eigenvalue weighted by Crippen LogP contribution is 2.28. The van der Waals surface area contributed by atoms with Gasteiger partial charge in [-0.25, -0.2) is 13.1 Å². The van der Waals surface area contributed by atoms with Gasteiger partial charge in [-0.2, -0.15) is 0 Å². The fourth-order valence-electron chi connectivity index (χ4n) is 2.47. The van der Waals surface area contributed by atoms with E-state index in [0.717, 1.165) is 16.7 Å². The van der Waals surface area contributed by atoms with Crippen molar-refractivity contribution >= 4 is 15.7 Å². The van der Waals surface area contributed by atoms with Gasteiger partial charge in [0.15, 0.2) is 0 Å². The van der Waals surface area contributed by atoms with Crippen LogP contribution in [0, 0.1) is 13.8 Å². The number of nitrogens with two attached hydrogens (primary N) is 1. The average molecular weight is 334 g/mol. The fraction of sp³-hybridized carbons (Fsp3) is 0.294. The first-order chi connectivity index (χ1) is 10.8. The van der Waals surface area contributed by atoms with Crippen molar-refractivity contribution in [1.82, 2.24) is 4.72 Å². The standard InChI is InChI=1S/C17H22N2O3S/c1-12-10-13(2)17(22-3)16(11-12)23(20,21)19-9-8-14-4-6-15(18)7-5-14/h4-7,10-11,19H,8-9,18H2,1-3H3. The van der Waals surface area contributed by atoms with Gasteiger partial charge in [-0.1, -0.05) is 18.2 Å². The molecule has 0 aromatic heterocycles. The molecule has 0 aliphatic rings. The Morgan fingerprint density at radius 2 is 1.78 bits per heavy atom. The lowest BCUT2D eigenvalue weighted by Crippen LogP contribution is -2.26. The molecule has 0 saturated heterocycles. The van der Waals surface area contributed by atoms with E-state index in [4.69, 9.17) is 10.5 Å². The molecule has 6 heteroatoms. The van der Waals surface area contributed by atoms with E-state index in [9.17, 15) is 8.42 Å². The van der Waals surface area contributed by atoms with Crippen molar-refractivity contribution in [3.05, 3.63) is 53.1 Å². The maximum atomic E-state index is 12.5. The Labute approximate surface area is 137 Å². The van der Waals surface area contributed by atoms with Gasteiger partial charge < -0.3 is 10.5 Å². The molecular weight excluding hydrogens is 312 g/mol. The Kier molecular flexibility index (Phi) is 5.28. The molecule has 124 valence electrons. The molecule has 0 radical (unpaired) electrons. The summed E-state index contributed by atoms with van der Waals surface area (Å²) in [4.78, 5) is 0.176. The summed E-state index contributed by atoms with van der Waals surface area (Å²) in [5.41, 5.74) is 9.02. The number of benzene rings is 2. The van der Waals surface area contributed by atoms with Crippen LogP contribution in [0.5, 0.6) is 5.75 Å². The minimum Gasteiger partial charge on any atom is -0.495 e. The summed E-state index contributed by atoms with van der Waals surface area (Å²) >= 11 is 0. The van der Waals surface area contributed by atoms with E-state index in [0.29, 0.717) is 24.4 Å². The van der Waals surface area contributed by atoms with E-state index < -0.39 is 10.0 Å². The van der Waals surface area contributed by atoms with Crippen LogP contribution in [-0.2, 0) is 16.4 Å². The Balaban J connectivity index is 2.14. The Bertz CT molecular complexity index is 784. The largest absolute Gasteiger partial charge is 0.495 e. The summed E-state index contributed by atoms with van der Waals surface area (Å²) in [6.07, 6.45) is 0.590. The van der Waals surface area contributed by atoms with Crippen LogP contribution in [0.2, 0.25) is 0 Å². The van der Waals surface area contributed by atoms with Gasteiger partial charge in [-0.15, -0.1) is 0 Å². The number of hydrogen-bond donors (Lipinski definition) is 2. The smallest absolute Gasteiger partial charge is 0.244 e. The minimum atomic E-state index is -3.63. The fourth-order valence-corrected chi connectivity index (χ4v) is 3.82.